The number of thioether (sulfide) groups is 1. The number of hydrogen-bond donors (Lipinski definition) is 2. The lowest BCUT2D eigenvalue weighted by Gasteiger charge is -2.24. The minimum atomic E-state index is -0.853. The van der Waals surface area contributed by atoms with Crippen molar-refractivity contribution in [2.24, 2.45) is 4.99 Å². The van der Waals surface area contributed by atoms with Gasteiger partial charge in [-0.25, -0.2) is 0 Å². The van der Waals surface area contributed by atoms with E-state index in [2.05, 4.69) is 22.5 Å². The Hall–Kier alpha value is -0.280. The first-order valence-electron chi connectivity index (χ1n) is 8.09. The molecule has 2 unspecified atom stereocenters. The summed E-state index contributed by atoms with van der Waals surface area (Å²) in [5.41, 5.74) is 1.12. The lowest BCUT2D eigenvalue weighted by atomic mass is 10.1. The molecule has 1 aliphatic rings. The van der Waals surface area contributed by atoms with Crippen molar-refractivity contribution in [3.63, 3.8) is 0 Å². The maximum absolute atomic E-state index is 12.1. The molecule has 24 heavy (non-hydrogen) atoms. The summed E-state index contributed by atoms with van der Waals surface area (Å²) >= 11 is 2.03. The first-order chi connectivity index (χ1) is 11.1. The number of hydrogen-bond acceptors (Lipinski definition) is 3. The lowest BCUT2D eigenvalue weighted by Crippen LogP contribution is -2.44. The van der Waals surface area contributed by atoms with E-state index in [9.17, 15) is 4.21 Å². The first-order valence-corrected chi connectivity index (χ1v) is 10.6. The van der Waals surface area contributed by atoms with Gasteiger partial charge in [-0.05, 0) is 31.1 Å². The van der Waals surface area contributed by atoms with Crippen LogP contribution in [-0.4, -0.2) is 46.6 Å². The van der Waals surface area contributed by atoms with Crippen LogP contribution in [-0.2, 0) is 16.6 Å². The fourth-order valence-corrected chi connectivity index (χ4v) is 4.87. The minimum Gasteiger partial charge on any atom is -0.355 e. The molecule has 0 amide bonds. The van der Waals surface area contributed by atoms with Crippen molar-refractivity contribution in [3.05, 3.63) is 35.9 Å². The highest BCUT2D eigenvalue weighted by molar-refractivity contribution is 14.0. The molecular weight excluding hydrogens is 453 g/mol. The predicted molar refractivity (Wildman–Crippen MR) is 118 cm³/mol. The fourth-order valence-electron chi connectivity index (χ4n) is 2.58. The predicted octanol–water partition coefficient (Wildman–Crippen LogP) is 3.00. The fraction of sp³-hybridized carbons (Fsp3) is 0.588. The molecule has 4 nitrogen and oxygen atoms in total. The third-order valence-corrected chi connectivity index (χ3v) is 6.80. The molecule has 2 rings (SSSR count). The van der Waals surface area contributed by atoms with Crippen LogP contribution in [0.15, 0.2) is 35.3 Å². The molecule has 0 aliphatic carbocycles. The van der Waals surface area contributed by atoms with E-state index in [1.807, 2.05) is 42.1 Å². The van der Waals surface area contributed by atoms with E-state index in [-0.39, 0.29) is 24.0 Å². The van der Waals surface area contributed by atoms with Crippen molar-refractivity contribution in [1.29, 1.82) is 0 Å². The number of nitrogens with one attached hydrogen (secondary N) is 2. The van der Waals surface area contributed by atoms with Crippen molar-refractivity contribution in [2.75, 3.05) is 31.6 Å². The van der Waals surface area contributed by atoms with Crippen LogP contribution < -0.4 is 10.6 Å². The van der Waals surface area contributed by atoms with Gasteiger partial charge in [0.15, 0.2) is 5.96 Å². The Morgan fingerprint density at radius 1 is 1.33 bits per heavy atom. The van der Waals surface area contributed by atoms with Gasteiger partial charge in [-0.1, -0.05) is 30.3 Å². The number of rotatable bonds is 7. The van der Waals surface area contributed by atoms with E-state index in [4.69, 9.17) is 0 Å². The summed E-state index contributed by atoms with van der Waals surface area (Å²) in [5.74, 6) is 3.29. The minimum absolute atomic E-state index is 0. The van der Waals surface area contributed by atoms with Crippen LogP contribution in [0.4, 0.5) is 0 Å². The molecule has 0 radical (unpaired) electrons. The summed E-state index contributed by atoms with van der Waals surface area (Å²) in [6.07, 6.45) is 2.55. The third-order valence-electron chi connectivity index (χ3n) is 3.95. The Kier molecular flexibility index (Phi) is 10.3. The second-order valence-corrected chi connectivity index (χ2v) is 9.29. The summed E-state index contributed by atoms with van der Waals surface area (Å²) in [6, 6.07) is 9.99. The van der Waals surface area contributed by atoms with Gasteiger partial charge in [-0.15, -0.1) is 24.0 Å². The van der Waals surface area contributed by atoms with Gasteiger partial charge in [-0.3, -0.25) is 9.20 Å². The average molecular weight is 481 g/mol. The van der Waals surface area contributed by atoms with E-state index >= 15 is 0 Å². The molecule has 0 spiro atoms. The molecule has 1 aromatic rings. The molecule has 0 aromatic heterocycles. The van der Waals surface area contributed by atoms with Crippen LogP contribution in [0.25, 0.3) is 0 Å². The largest absolute Gasteiger partial charge is 0.355 e. The number of halogens is 1. The highest BCUT2D eigenvalue weighted by Crippen LogP contribution is 2.36. The zero-order valence-corrected chi connectivity index (χ0v) is 18.4. The van der Waals surface area contributed by atoms with Crippen LogP contribution >= 0.6 is 35.7 Å². The van der Waals surface area contributed by atoms with E-state index in [0.29, 0.717) is 22.8 Å². The molecule has 1 aliphatic heterocycles. The zero-order valence-electron chi connectivity index (χ0n) is 14.4. The lowest BCUT2D eigenvalue weighted by molar-refractivity contribution is 0.585. The van der Waals surface area contributed by atoms with E-state index in [1.54, 1.807) is 7.05 Å². The van der Waals surface area contributed by atoms with Crippen molar-refractivity contribution in [3.8, 4) is 0 Å². The molecule has 1 heterocycles. The van der Waals surface area contributed by atoms with Gasteiger partial charge in [0.25, 0.3) is 0 Å². The van der Waals surface area contributed by atoms with Crippen LogP contribution in [0.2, 0.25) is 0 Å². The van der Waals surface area contributed by atoms with Crippen molar-refractivity contribution in [1.82, 2.24) is 10.6 Å². The maximum atomic E-state index is 12.1. The van der Waals surface area contributed by atoms with E-state index in [0.717, 1.165) is 18.1 Å². The van der Waals surface area contributed by atoms with Crippen LogP contribution in [0, 0.1) is 0 Å². The zero-order chi connectivity index (χ0) is 16.5. The van der Waals surface area contributed by atoms with Crippen LogP contribution in [0.5, 0.6) is 0 Å². The molecule has 2 N–H and O–H groups in total. The summed E-state index contributed by atoms with van der Waals surface area (Å²) < 4.78 is 12.4. The Bertz CT molecular complexity index is 534. The summed E-state index contributed by atoms with van der Waals surface area (Å²) in [4.78, 5) is 4.25. The first kappa shape index (κ1) is 21.8. The summed E-state index contributed by atoms with van der Waals surface area (Å²) in [5, 5.41) is 6.66. The quantitative estimate of drug-likeness (QED) is 0.357. The van der Waals surface area contributed by atoms with E-state index < -0.39 is 10.8 Å². The van der Waals surface area contributed by atoms with Crippen molar-refractivity contribution in [2.45, 2.75) is 30.3 Å². The van der Waals surface area contributed by atoms with Gasteiger partial charge in [-0.2, -0.15) is 11.8 Å². The summed E-state index contributed by atoms with van der Waals surface area (Å²) in [7, 11) is 0.925. The third kappa shape index (κ3) is 7.74. The summed E-state index contributed by atoms with van der Waals surface area (Å²) in [6.45, 7) is 3.90. The van der Waals surface area contributed by atoms with Gasteiger partial charge < -0.3 is 10.6 Å². The normalized spacial score (nSPS) is 21.8. The van der Waals surface area contributed by atoms with E-state index in [1.165, 1.54) is 18.6 Å². The molecule has 0 bridgehead atoms. The number of benzene rings is 1. The molecule has 136 valence electrons. The standard InChI is InChI=1S/C17H27N3OS2.HI/c1-17(9-6-11-22-17)14-20-16(18-2)19-10-12-23(21)13-15-7-4-3-5-8-15;/h3-5,7-8H,6,9-14H2,1-2H3,(H2,18,19,20);1H. The number of guanidine groups is 1. The molecule has 7 heteroatoms. The molecule has 0 saturated carbocycles. The highest BCUT2D eigenvalue weighted by Gasteiger charge is 2.29. The molecule has 2 atom stereocenters. The topological polar surface area (TPSA) is 53.5 Å². The Morgan fingerprint density at radius 2 is 2.08 bits per heavy atom. The Balaban J connectivity index is 0.00000288. The van der Waals surface area contributed by atoms with Gasteiger partial charge in [0.2, 0.25) is 0 Å². The van der Waals surface area contributed by atoms with Crippen molar-refractivity contribution >= 4 is 52.5 Å². The van der Waals surface area contributed by atoms with Gasteiger partial charge >= 0.3 is 0 Å². The van der Waals surface area contributed by atoms with Crippen LogP contribution in [0.1, 0.15) is 25.3 Å². The van der Waals surface area contributed by atoms with Gasteiger partial charge in [0, 0.05) is 47.2 Å². The van der Waals surface area contributed by atoms with Crippen LogP contribution in [0.3, 0.4) is 0 Å². The van der Waals surface area contributed by atoms with Gasteiger partial charge in [0.1, 0.15) is 0 Å². The SMILES string of the molecule is CN=C(NCCS(=O)Cc1ccccc1)NCC1(C)CCCS1.I. The van der Waals surface area contributed by atoms with Gasteiger partial charge in [0.05, 0.1) is 0 Å². The highest BCUT2D eigenvalue weighted by atomic mass is 127. The molecule has 1 saturated heterocycles. The van der Waals surface area contributed by atoms with Crippen molar-refractivity contribution < 1.29 is 4.21 Å². The number of aliphatic imine (C=N–C) groups is 1. The Labute approximate surface area is 169 Å². The maximum Gasteiger partial charge on any atom is 0.191 e. The molecule has 1 aromatic carbocycles. The second kappa shape index (κ2) is 11.4. The molecule has 1 fully saturated rings. The monoisotopic (exact) mass is 481 g/mol. The second-order valence-electron chi connectivity index (χ2n) is 6.03. The molecular formula is C17H28IN3OS2. The average Bonchev–Trinajstić information content (AvgIpc) is 2.98. The smallest absolute Gasteiger partial charge is 0.191 e. The number of nitrogens with zero attached hydrogens (tertiary/aromatic N) is 1. The Morgan fingerprint density at radius 3 is 2.71 bits per heavy atom.